The molecular formula is C10H12INO. The molecule has 0 spiro atoms. The Labute approximate surface area is 91.9 Å². The summed E-state index contributed by atoms with van der Waals surface area (Å²) in [4.78, 5) is 11.1. The lowest BCUT2D eigenvalue weighted by molar-refractivity contribution is -0.113. The molecule has 0 aliphatic rings. The highest BCUT2D eigenvalue weighted by molar-refractivity contribution is 14.1. The molecule has 2 nitrogen and oxygen atoms in total. The fourth-order valence-electron chi connectivity index (χ4n) is 1.01. The van der Waals surface area contributed by atoms with Crippen molar-refractivity contribution in [3.8, 4) is 0 Å². The Hall–Kier alpha value is -0.580. The molecule has 1 aromatic rings. The molecule has 3 heteroatoms. The minimum atomic E-state index is 0.0452. The van der Waals surface area contributed by atoms with Gasteiger partial charge in [0, 0.05) is 5.69 Å². The smallest absolute Gasteiger partial charge is 0.234 e. The first kappa shape index (κ1) is 10.5. The first-order valence-electron chi connectivity index (χ1n) is 4.06. The zero-order valence-electron chi connectivity index (χ0n) is 7.73. The molecular weight excluding hydrogens is 277 g/mol. The van der Waals surface area contributed by atoms with Crippen molar-refractivity contribution < 1.29 is 4.79 Å². The van der Waals surface area contributed by atoms with E-state index < -0.39 is 0 Å². The standard InChI is InChI=1S/C10H12INO/c1-7-3-4-9(5-8(7)2)12-10(13)6-11/h3-5H,6H2,1-2H3,(H,12,13). The number of anilines is 1. The van der Waals surface area contributed by atoms with Crippen molar-refractivity contribution in [2.24, 2.45) is 0 Å². The zero-order valence-corrected chi connectivity index (χ0v) is 9.88. The lowest BCUT2D eigenvalue weighted by Crippen LogP contribution is -2.12. The Balaban J connectivity index is 2.79. The van der Waals surface area contributed by atoms with Gasteiger partial charge in [-0.3, -0.25) is 4.79 Å². The van der Waals surface area contributed by atoms with Crippen LogP contribution in [0.5, 0.6) is 0 Å². The molecule has 0 saturated heterocycles. The SMILES string of the molecule is Cc1ccc(NC(=O)CI)cc1C. The third-order valence-electron chi connectivity index (χ3n) is 1.91. The Morgan fingerprint density at radius 2 is 2.08 bits per heavy atom. The van der Waals surface area contributed by atoms with Gasteiger partial charge in [-0.15, -0.1) is 0 Å². The van der Waals surface area contributed by atoms with Gasteiger partial charge in [0.15, 0.2) is 0 Å². The summed E-state index contributed by atoms with van der Waals surface area (Å²) in [6.07, 6.45) is 0. The zero-order chi connectivity index (χ0) is 9.84. The van der Waals surface area contributed by atoms with Gasteiger partial charge in [0.1, 0.15) is 0 Å². The van der Waals surface area contributed by atoms with Crippen molar-refractivity contribution in [1.82, 2.24) is 0 Å². The number of hydrogen-bond donors (Lipinski definition) is 1. The van der Waals surface area contributed by atoms with Crippen LogP contribution in [0.15, 0.2) is 18.2 Å². The average molecular weight is 289 g/mol. The van der Waals surface area contributed by atoms with Crippen LogP contribution in [0.2, 0.25) is 0 Å². The van der Waals surface area contributed by atoms with Crippen LogP contribution in [0.1, 0.15) is 11.1 Å². The van der Waals surface area contributed by atoms with E-state index in [1.807, 2.05) is 47.7 Å². The number of amides is 1. The molecule has 0 fully saturated rings. The van der Waals surface area contributed by atoms with E-state index >= 15 is 0 Å². The maximum absolute atomic E-state index is 11.1. The predicted octanol–water partition coefficient (Wildman–Crippen LogP) is 2.68. The maximum Gasteiger partial charge on any atom is 0.234 e. The minimum absolute atomic E-state index is 0.0452. The number of aryl methyl sites for hydroxylation is 2. The quantitative estimate of drug-likeness (QED) is 0.658. The second kappa shape index (κ2) is 4.60. The molecule has 1 aromatic carbocycles. The number of rotatable bonds is 2. The van der Waals surface area contributed by atoms with Crippen LogP contribution in [-0.2, 0) is 4.79 Å². The third kappa shape index (κ3) is 2.99. The van der Waals surface area contributed by atoms with Crippen molar-refractivity contribution >= 4 is 34.2 Å². The highest BCUT2D eigenvalue weighted by Crippen LogP contribution is 2.13. The van der Waals surface area contributed by atoms with Crippen molar-refractivity contribution in [3.63, 3.8) is 0 Å². The summed E-state index contributed by atoms with van der Waals surface area (Å²) < 4.78 is 0.491. The fourth-order valence-corrected chi connectivity index (χ4v) is 1.20. The second-order valence-corrected chi connectivity index (χ2v) is 3.74. The molecule has 0 aliphatic carbocycles. The third-order valence-corrected chi connectivity index (χ3v) is 2.60. The van der Waals surface area contributed by atoms with E-state index in [0.717, 1.165) is 5.69 Å². The summed E-state index contributed by atoms with van der Waals surface area (Å²) in [7, 11) is 0. The molecule has 1 rings (SSSR count). The molecule has 0 atom stereocenters. The van der Waals surface area contributed by atoms with E-state index in [1.165, 1.54) is 11.1 Å². The van der Waals surface area contributed by atoms with Gasteiger partial charge in [0.05, 0.1) is 4.43 Å². The Bertz CT molecular complexity index is 323. The van der Waals surface area contributed by atoms with Crippen LogP contribution >= 0.6 is 22.6 Å². The van der Waals surface area contributed by atoms with Crippen LogP contribution in [0.25, 0.3) is 0 Å². The highest BCUT2D eigenvalue weighted by atomic mass is 127. The topological polar surface area (TPSA) is 29.1 Å². The summed E-state index contributed by atoms with van der Waals surface area (Å²) in [5.41, 5.74) is 3.32. The summed E-state index contributed by atoms with van der Waals surface area (Å²) in [5, 5.41) is 2.81. The molecule has 0 aromatic heterocycles. The van der Waals surface area contributed by atoms with Crippen LogP contribution in [0.3, 0.4) is 0 Å². The van der Waals surface area contributed by atoms with Crippen molar-refractivity contribution in [1.29, 1.82) is 0 Å². The summed E-state index contributed by atoms with van der Waals surface area (Å²) in [5.74, 6) is 0.0452. The van der Waals surface area contributed by atoms with E-state index in [-0.39, 0.29) is 5.91 Å². The summed E-state index contributed by atoms with van der Waals surface area (Å²) in [6.45, 7) is 4.09. The molecule has 0 unspecified atom stereocenters. The first-order chi connectivity index (χ1) is 6.13. The van der Waals surface area contributed by atoms with Crippen molar-refractivity contribution in [2.45, 2.75) is 13.8 Å². The minimum Gasteiger partial charge on any atom is -0.325 e. The van der Waals surface area contributed by atoms with Gasteiger partial charge >= 0.3 is 0 Å². The monoisotopic (exact) mass is 289 g/mol. The van der Waals surface area contributed by atoms with E-state index in [4.69, 9.17) is 0 Å². The van der Waals surface area contributed by atoms with Gasteiger partial charge in [-0.1, -0.05) is 28.7 Å². The highest BCUT2D eigenvalue weighted by Gasteiger charge is 2.00. The van der Waals surface area contributed by atoms with E-state index in [1.54, 1.807) is 0 Å². The number of carbonyl (C=O) groups excluding carboxylic acids is 1. The summed E-state index contributed by atoms with van der Waals surface area (Å²) >= 11 is 2.04. The van der Waals surface area contributed by atoms with Crippen LogP contribution in [-0.4, -0.2) is 10.3 Å². The summed E-state index contributed by atoms with van der Waals surface area (Å²) in [6, 6.07) is 5.92. The second-order valence-electron chi connectivity index (χ2n) is 2.98. The number of halogens is 1. The lowest BCUT2D eigenvalue weighted by atomic mass is 10.1. The Morgan fingerprint density at radius 1 is 1.38 bits per heavy atom. The lowest BCUT2D eigenvalue weighted by Gasteiger charge is -2.05. The number of alkyl halides is 1. The van der Waals surface area contributed by atoms with Gasteiger partial charge < -0.3 is 5.32 Å². The maximum atomic E-state index is 11.1. The van der Waals surface area contributed by atoms with Gasteiger partial charge in [-0.25, -0.2) is 0 Å². The molecule has 0 heterocycles. The molecule has 1 amide bonds. The van der Waals surface area contributed by atoms with Gasteiger partial charge in [0.2, 0.25) is 5.91 Å². The Kier molecular flexibility index (Phi) is 3.71. The van der Waals surface area contributed by atoms with Gasteiger partial charge in [0.25, 0.3) is 0 Å². The number of carbonyl (C=O) groups is 1. The molecule has 0 bridgehead atoms. The van der Waals surface area contributed by atoms with Gasteiger partial charge in [-0.2, -0.15) is 0 Å². The van der Waals surface area contributed by atoms with Crippen LogP contribution in [0, 0.1) is 13.8 Å². The fraction of sp³-hybridized carbons (Fsp3) is 0.300. The molecule has 0 radical (unpaired) electrons. The molecule has 1 N–H and O–H groups in total. The van der Waals surface area contributed by atoms with Crippen LogP contribution < -0.4 is 5.32 Å². The van der Waals surface area contributed by atoms with E-state index in [2.05, 4.69) is 12.2 Å². The average Bonchev–Trinajstić information content (AvgIpc) is 2.11. The Morgan fingerprint density at radius 3 is 2.62 bits per heavy atom. The molecule has 0 saturated carbocycles. The predicted molar refractivity (Wildman–Crippen MR) is 63.4 cm³/mol. The first-order valence-corrected chi connectivity index (χ1v) is 5.59. The molecule has 13 heavy (non-hydrogen) atoms. The number of hydrogen-bond acceptors (Lipinski definition) is 1. The normalized spacial score (nSPS) is 9.77. The van der Waals surface area contributed by atoms with Gasteiger partial charge in [-0.05, 0) is 37.1 Å². The number of nitrogens with one attached hydrogen (secondary N) is 1. The van der Waals surface area contributed by atoms with E-state index in [9.17, 15) is 4.79 Å². The largest absolute Gasteiger partial charge is 0.325 e. The number of benzene rings is 1. The van der Waals surface area contributed by atoms with E-state index in [0.29, 0.717) is 4.43 Å². The van der Waals surface area contributed by atoms with Crippen molar-refractivity contribution in [2.75, 3.05) is 9.74 Å². The van der Waals surface area contributed by atoms with Crippen LogP contribution in [0.4, 0.5) is 5.69 Å². The van der Waals surface area contributed by atoms with Crippen molar-refractivity contribution in [3.05, 3.63) is 29.3 Å². The molecule has 0 aliphatic heterocycles. The molecule has 70 valence electrons.